The lowest BCUT2D eigenvalue weighted by atomic mass is 10.2. The third kappa shape index (κ3) is 2.10. The Bertz CT molecular complexity index is 502. The van der Waals surface area contributed by atoms with E-state index in [2.05, 4.69) is 15.0 Å². The first-order valence-electron chi connectivity index (χ1n) is 4.27. The fourth-order valence-corrected chi connectivity index (χ4v) is 1.34. The van der Waals surface area contributed by atoms with Gasteiger partial charge in [0, 0.05) is 17.5 Å². The lowest BCUT2D eigenvalue weighted by molar-refractivity contribution is 0.584. The minimum absolute atomic E-state index is 0.0104. The summed E-state index contributed by atoms with van der Waals surface area (Å²) in [5, 5.41) is -0.0104. The molecule has 0 N–H and O–H groups in total. The van der Waals surface area contributed by atoms with E-state index in [0.29, 0.717) is 11.3 Å². The second-order valence-electron chi connectivity index (χ2n) is 3.04. The summed E-state index contributed by atoms with van der Waals surface area (Å²) in [6, 6.07) is 3.27. The van der Waals surface area contributed by atoms with Gasteiger partial charge in [-0.3, -0.25) is 0 Å². The van der Waals surface area contributed by atoms with Gasteiger partial charge < -0.3 is 0 Å². The van der Waals surface area contributed by atoms with Crippen LogP contribution in [-0.4, -0.2) is 15.0 Å². The summed E-state index contributed by atoms with van der Waals surface area (Å²) < 4.78 is 12.8. The highest BCUT2D eigenvalue weighted by Gasteiger charge is 2.05. The van der Waals surface area contributed by atoms with E-state index in [1.807, 2.05) is 6.92 Å². The van der Waals surface area contributed by atoms with E-state index in [1.54, 1.807) is 6.07 Å². The van der Waals surface area contributed by atoms with Gasteiger partial charge >= 0.3 is 0 Å². The predicted molar refractivity (Wildman–Crippen MR) is 55.0 cm³/mol. The number of nitrogens with zero attached hydrogens (tertiary/aromatic N) is 3. The molecule has 76 valence electrons. The highest BCUT2D eigenvalue weighted by molar-refractivity contribution is 6.30. The van der Waals surface area contributed by atoms with Crippen molar-refractivity contribution in [2.24, 2.45) is 0 Å². The van der Waals surface area contributed by atoms with E-state index in [-0.39, 0.29) is 5.02 Å². The normalized spacial score (nSPS) is 10.3. The largest absolute Gasteiger partial charge is 0.242 e. The van der Waals surface area contributed by atoms with Crippen molar-refractivity contribution in [1.82, 2.24) is 15.0 Å². The van der Waals surface area contributed by atoms with Crippen LogP contribution in [0.5, 0.6) is 0 Å². The first-order valence-corrected chi connectivity index (χ1v) is 4.64. The van der Waals surface area contributed by atoms with Gasteiger partial charge in [0.1, 0.15) is 6.33 Å². The van der Waals surface area contributed by atoms with Gasteiger partial charge in [-0.25, -0.2) is 15.0 Å². The van der Waals surface area contributed by atoms with E-state index in [9.17, 15) is 4.39 Å². The molecule has 2 aromatic rings. The molecule has 2 rings (SSSR count). The monoisotopic (exact) mass is 223 g/mol. The smallest absolute Gasteiger partial charge is 0.231 e. The number of hydrogen-bond donors (Lipinski definition) is 0. The molecule has 15 heavy (non-hydrogen) atoms. The fourth-order valence-electron chi connectivity index (χ4n) is 1.17. The topological polar surface area (TPSA) is 38.7 Å². The molecular formula is C10H7ClFN3. The van der Waals surface area contributed by atoms with E-state index in [0.717, 1.165) is 5.69 Å². The number of aromatic nitrogens is 3. The molecule has 0 saturated heterocycles. The molecule has 3 nitrogen and oxygen atoms in total. The van der Waals surface area contributed by atoms with Crippen molar-refractivity contribution in [3.63, 3.8) is 0 Å². The predicted octanol–water partition coefficient (Wildman–Crippen LogP) is 2.64. The minimum Gasteiger partial charge on any atom is -0.242 e. The molecule has 0 bridgehead atoms. The van der Waals surface area contributed by atoms with Crippen molar-refractivity contribution in [1.29, 1.82) is 0 Å². The van der Waals surface area contributed by atoms with E-state index >= 15 is 0 Å². The number of rotatable bonds is 1. The zero-order chi connectivity index (χ0) is 10.8. The summed E-state index contributed by atoms with van der Waals surface area (Å²) >= 11 is 5.62. The molecule has 5 heteroatoms. The SMILES string of the molecule is Cc1cc(-c2cnc(F)c(Cl)c2)ncn1. The Hall–Kier alpha value is -1.55. The van der Waals surface area contributed by atoms with E-state index in [1.165, 1.54) is 18.6 Å². The lowest BCUT2D eigenvalue weighted by Crippen LogP contribution is -1.90. The van der Waals surface area contributed by atoms with Crippen LogP contribution >= 0.6 is 11.6 Å². The molecule has 0 atom stereocenters. The molecule has 0 aliphatic heterocycles. The molecule has 0 fully saturated rings. The first-order chi connectivity index (χ1) is 7.16. The summed E-state index contributed by atoms with van der Waals surface area (Å²) in [7, 11) is 0. The average molecular weight is 224 g/mol. The minimum atomic E-state index is -0.675. The van der Waals surface area contributed by atoms with Crippen molar-refractivity contribution < 1.29 is 4.39 Å². The van der Waals surface area contributed by atoms with Crippen molar-refractivity contribution in [3.8, 4) is 11.3 Å². The van der Waals surface area contributed by atoms with Crippen molar-refractivity contribution >= 4 is 11.6 Å². The van der Waals surface area contributed by atoms with Crippen molar-refractivity contribution in [2.75, 3.05) is 0 Å². The second kappa shape index (κ2) is 3.90. The number of hydrogen-bond acceptors (Lipinski definition) is 3. The van der Waals surface area contributed by atoms with Crippen LogP contribution in [0.15, 0.2) is 24.7 Å². The van der Waals surface area contributed by atoms with Crippen LogP contribution in [0.1, 0.15) is 5.69 Å². The van der Waals surface area contributed by atoms with Crippen LogP contribution in [-0.2, 0) is 0 Å². The number of pyridine rings is 1. The van der Waals surface area contributed by atoms with Gasteiger partial charge in [-0.05, 0) is 19.1 Å². The maximum Gasteiger partial charge on any atom is 0.231 e. The van der Waals surface area contributed by atoms with Gasteiger partial charge in [0.25, 0.3) is 0 Å². The fraction of sp³-hybridized carbons (Fsp3) is 0.100. The van der Waals surface area contributed by atoms with E-state index < -0.39 is 5.95 Å². The third-order valence-electron chi connectivity index (χ3n) is 1.90. The Morgan fingerprint density at radius 2 is 2.00 bits per heavy atom. The van der Waals surface area contributed by atoms with Crippen molar-refractivity contribution in [2.45, 2.75) is 6.92 Å². The summed E-state index contributed by atoms with van der Waals surface area (Å²) in [4.78, 5) is 11.5. The first kappa shape index (κ1) is 9.98. The quantitative estimate of drug-likeness (QED) is 0.698. The molecule has 0 aromatic carbocycles. The molecule has 0 spiro atoms. The van der Waals surface area contributed by atoms with E-state index in [4.69, 9.17) is 11.6 Å². The summed E-state index contributed by atoms with van der Waals surface area (Å²) in [5.74, 6) is -0.675. The Balaban J connectivity index is 2.50. The average Bonchev–Trinajstić information content (AvgIpc) is 2.22. The molecule has 0 radical (unpaired) electrons. The van der Waals surface area contributed by atoms with Crippen LogP contribution < -0.4 is 0 Å². The summed E-state index contributed by atoms with van der Waals surface area (Å²) in [6.45, 7) is 1.85. The Labute approximate surface area is 91.0 Å². The molecule has 0 saturated carbocycles. The Morgan fingerprint density at radius 1 is 1.20 bits per heavy atom. The summed E-state index contributed by atoms with van der Waals surface area (Å²) in [5.41, 5.74) is 2.18. The molecule has 0 amide bonds. The maximum absolute atomic E-state index is 12.8. The van der Waals surface area contributed by atoms with Crippen LogP contribution in [0.25, 0.3) is 11.3 Å². The number of aryl methyl sites for hydroxylation is 1. The molecule has 0 unspecified atom stereocenters. The van der Waals surface area contributed by atoms with Gasteiger partial charge in [0.15, 0.2) is 0 Å². The maximum atomic E-state index is 12.8. The van der Waals surface area contributed by atoms with Crippen molar-refractivity contribution in [3.05, 3.63) is 41.3 Å². The molecule has 2 aromatic heterocycles. The molecular weight excluding hydrogens is 217 g/mol. The second-order valence-corrected chi connectivity index (χ2v) is 3.45. The van der Waals surface area contributed by atoms with Crippen LogP contribution in [0.2, 0.25) is 5.02 Å². The van der Waals surface area contributed by atoms with Crippen LogP contribution in [0, 0.1) is 12.9 Å². The Kier molecular flexibility index (Phi) is 2.60. The third-order valence-corrected chi connectivity index (χ3v) is 2.16. The van der Waals surface area contributed by atoms with Gasteiger partial charge in [0.05, 0.1) is 10.7 Å². The standard InChI is InChI=1S/C10H7ClFN3/c1-6-2-9(15-5-14-6)7-3-8(11)10(12)13-4-7/h2-5H,1H3. The lowest BCUT2D eigenvalue weighted by Gasteiger charge is -2.01. The van der Waals surface area contributed by atoms with Gasteiger partial charge in [0.2, 0.25) is 5.95 Å². The highest BCUT2D eigenvalue weighted by atomic mass is 35.5. The zero-order valence-electron chi connectivity index (χ0n) is 7.91. The zero-order valence-corrected chi connectivity index (χ0v) is 8.66. The van der Waals surface area contributed by atoms with Gasteiger partial charge in [-0.1, -0.05) is 11.6 Å². The summed E-state index contributed by atoms with van der Waals surface area (Å²) in [6.07, 6.45) is 2.84. The molecule has 0 aliphatic rings. The molecule has 2 heterocycles. The van der Waals surface area contributed by atoms with Crippen LogP contribution in [0.3, 0.4) is 0 Å². The van der Waals surface area contributed by atoms with Gasteiger partial charge in [-0.15, -0.1) is 0 Å². The number of halogens is 2. The van der Waals surface area contributed by atoms with Gasteiger partial charge in [-0.2, -0.15) is 4.39 Å². The molecule has 0 aliphatic carbocycles. The Morgan fingerprint density at radius 3 is 2.67 bits per heavy atom. The van der Waals surface area contributed by atoms with Crippen LogP contribution in [0.4, 0.5) is 4.39 Å². The highest BCUT2D eigenvalue weighted by Crippen LogP contribution is 2.21.